The molecule has 1 aromatic rings. The van der Waals surface area contributed by atoms with Crippen LogP contribution in [-0.4, -0.2) is 6.04 Å². The predicted octanol–water partition coefficient (Wildman–Crippen LogP) is 4.63. The van der Waals surface area contributed by atoms with E-state index >= 15 is 0 Å². The molecule has 1 saturated carbocycles. The van der Waals surface area contributed by atoms with E-state index in [1.807, 2.05) is 0 Å². The summed E-state index contributed by atoms with van der Waals surface area (Å²) in [4.78, 5) is 0. The van der Waals surface area contributed by atoms with Crippen molar-refractivity contribution in [3.8, 4) is 0 Å². The van der Waals surface area contributed by atoms with Gasteiger partial charge in [-0.05, 0) is 55.7 Å². The standard InChI is InChI=1S/C16H25N/c1-3-5-6-13-7-11-15(12-8-13)17-16(4-2)14-9-10-14/h7-8,11-12,14,16-17H,3-6,9-10H2,1-2H3. The van der Waals surface area contributed by atoms with Crippen molar-refractivity contribution in [1.82, 2.24) is 0 Å². The van der Waals surface area contributed by atoms with Crippen molar-refractivity contribution in [2.45, 2.75) is 58.4 Å². The summed E-state index contributed by atoms with van der Waals surface area (Å²) in [5, 5.41) is 3.67. The van der Waals surface area contributed by atoms with Crippen LogP contribution in [0, 0.1) is 5.92 Å². The minimum atomic E-state index is 0.691. The molecular formula is C16H25N. The lowest BCUT2D eigenvalue weighted by atomic mass is 10.1. The van der Waals surface area contributed by atoms with Gasteiger partial charge >= 0.3 is 0 Å². The fourth-order valence-electron chi connectivity index (χ4n) is 2.41. The van der Waals surface area contributed by atoms with Crippen molar-refractivity contribution in [2.75, 3.05) is 5.32 Å². The Hall–Kier alpha value is -0.980. The van der Waals surface area contributed by atoms with Crippen molar-refractivity contribution in [3.05, 3.63) is 29.8 Å². The lowest BCUT2D eigenvalue weighted by Gasteiger charge is -2.17. The lowest BCUT2D eigenvalue weighted by Crippen LogP contribution is -2.20. The Balaban J connectivity index is 1.88. The summed E-state index contributed by atoms with van der Waals surface area (Å²) in [6.07, 6.45) is 7.87. The number of rotatable bonds is 7. The number of nitrogens with one attached hydrogen (secondary N) is 1. The normalized spacial score (nSPS) is 16.8. The molecule has 0 radical (unpaired) electrons. The summed E-state index contributed by atoms with van der Waals surface area (Å²) >= 11 is 0. The second kappa shape index (κ2) is 6.09. The Labute approximate surface area is 106 Å². The van der Waals surface area contributed by atoms with Crippen molar-refractivity contribution in [3.63, 3.8) is 0 Å². The molecule has 0 spiro atoms. The lowest BCUT2D eigenvalue weighted by molar-refractivity contribution is 0.616. The first-order valence-corrected chi connectivity index (χ1v) is 7.19. The number of anilines is 1. The molecule has 1 unspecified atom stereocenters. The molecule has 0 heterocycles. The van der Waals surface area contributed by atoms with Crippen molar-refractivity contribution in [1.29, 1.82) is 0 Å². The van der Waals surface area contributed by atoms with Crippen LogP contribution < -0.4 is 5.32 Å². The fourth-order valence-corrected chi connectivity index (χ4v) is 2.41. The van der Waals surface area contributed by atoms with Gasteiger partial charge in [-0.1, -0.05) is 32.4 Å². The number of benzene rings is 1. The van der Waals surface area contributed by atoms with Crippen LogP contribution in [-0.2, 0) is 6.42 Å². The average Bonchev–Trinajstić information content (AvgIpc) is 3.19. The zero-order chi connectivity index (χ0) is 12.1. The molecule has 0 aromatic heterocycles. The van der Waals surface area contributed by atoms with Crippen LogP contribution in [0.15, 0.2) is 24.3 Å². The Kier molecular flexibility index (Phi) is 4.47. The first-order chi connectivity index (χ1) is 8.33. The van der Waals surface area contributed by atoms with E-state index < -0.39 is 0 Å². The molecule has 0 amide bonds. The second-order valence-corrected chi connectivity index (χ2v) is 5.30. The highest BCUT2D eigenvalue weighted by molar-refractivity contribution is 5.45. The number of hydrogen-bond acceptors (Lipinski definition) is 1. The van der Waals surface area contributed by atoms with Crippen LogP contribution in [0.5, 0.6) is 0 Å². The van der Waals surface area contributed by atoms with Gasteiger partial charge in [0.05, 0.1) is 0 Å². The summed E-state index contributed by atoms with van der Waals surface area (Å²) in [7, 11) is 0. The topological polar surface area (TPSA) is 12.0 Å². The van der Waals surface area contributed by atoms with Gasteiger partial charge in [-0.2, -0.15) is 0 Å². The van der Waals surface area contributed by atoms with E-state index in [2.05, 4.69) is 43.4 Å². The van der Waals surface area contributed by atoms with Crippen LogP contribution >= 0.6 is 0 Å². The Morgan fingerprint density at radius 3 is 2.41 bits per heavy atom. The van der Waals surface area contributed by atoms with Crippen LogP contribution in [0.25, 0.3) is 0 Å². The zero-order valence-electron chi connectivity index (χ0n) is 11.2. The Morgan fingerprint density at radius 1 is 1.18 bits per heavy atom. The Morgan fingerprint density at radius 2 is 1.88 bits per heavy atom. The van der Waals surface area contributed by atoms with E-state index in [1.54, 1.807) is 0 Å². The third kappa shape index (κ3) is 3.76. The van der Waals surface area contributed by atoms with E-state index in [1.165, 1.54) is 49.8 Å². The van der Waals surface area contributed by atoms with Gasteiger partial charge < -0.3 is 5.32 Å². The third-order valence-corrected chi connectivity index (χ3v) is 3.76. The molecule has 1 nitrogen and oxygen atoms in total. The van der Waals surface area contributed by atoms with E-state index in [0.29, 0.717) is 6.04 Å². The summed E-state index contributed by atoms with van der Waals surface area (Å²) in [5.74, 6) is 0.930. The van der Waals surface area contributed by atoms with Gasteiger partial charge in [0.2, 0.25) is 0 Å². The molecule has 0 aliphatic heterocycles. The van der Waals surface area contributed by atoms with Crippen LogP contribution in [0.3, 0.4) is 0 Å². The summed E-state index contributed by atoms with van der Waals surface area (Å²) < 4.78 is 0. The minimum absolute atomic E-state index is 0.691. The third-order valence-electron chi connectivity index (χ3n) is 3.76. The minimum Gasteiger partial charge on any atom is -0.382 e. The second-order valence-electron chi connectivity index (χ2n) is 5.30. The van der Waals surface area contributed by atoms with Gasteiger partial charge in [-0.3, -0.25) is 0 Å². The molecule has 1 atom stereocenters. The van der Waals surface area contributed by atoms with E-state index in [0.717, 1.165) is 5.92 Å². The zero-order valence-corrected chi connectivity index (χ0v) is 11.2. The molecular weight excluding hydrogens is 206 g/mol. The highest BCUT2D eigenvalue weighted by Crippen LogP contribution is 2.35. The van der Waals surface area contributed by atoms with E-state index in [-0.39, 0.29) is 0 Å². The number of hydrogen-bond donors (Lipinski definition) is 1. The van der Waals surface area contributed by atoms with E-state index in [4.69, 9.17) is 0 Å². The maximum absolute atomic E-state index is 3.67. The summed E-state index contributed by atoms with van der Waals surface area (Å²) in [5.41, 5.74) is 2.76. The largest absolute Gasteiger partial charge is 0.382 e. The highest BCUT2D eigenvalue weighted by Gasteiger charge is 2.29. The molecule has 1 aromatic carbocycles. The highest BCUT2D eigenvalue weighted by atomic mass is 14.9. The van der Waals surface area contributed by atoms with Crippen molar-refractivity contribution >= 4 is 5.69 Å². The molecule has 1 fully saturated rings. The van der Waals surface area contributed by atoms with Crippen molar-refractivity contribution in [2.24, 2.45) is 5.92 Å². The molecule has 1 aliphatic carbocycles. The fraction of sp³-hybridized carbons (Fsp3) is 0.625. The summed E-state index contributed by atoms with van der Waals surface area (Å²) in [6, 6.07) is 9.73. The maximum atomic E-state index is 3.67. The molecule has 1 heteroatoms. The summed E-state index contributed by atoms with van der Waals surface area (Å²) in [6.45, 7) is 4.53. The van der Waals surface area contributed by atoms with Gasteiger partial charge in [0, 0.05) is 11.7 Å². The molecule has 94 valence electrons. The van der Waals surface area contributed by atoms with Gasteiger partial charge in [-0.25, -0.2) is 0 Å². The van der Waals surface area contributed by atoms with Crippen LogP contribution in [0.4, 0.5) is 5.69 Å². The van der Waals surface area contributed by atoms with Crippen LogP contribution in [0.2, 0.25) is 0 Å². The van der Waals surface area contributed by atoms with Gasteiger partial charge in [0.1, 0.15) is 0 Å². The first kappa shape index (κ1) is 12.5. The van der Waals surface area contributed by atoms with Gasteiger partial charge in [0.25, 0.3) is 0 Å². The maximum Gasteiger partial charge on any atom is 0.0342 e. The molecule has 1 N–H and O–H groups in total. The molecule has 17 heavy (non-hydrogen) atoms. The predicted molar refractivity (Wildman–Crippen MR) is 75.5 cm³/mol. The quantitative estimate of drug-likeness (QED) is 0.721. The van der Waals surface area contributed by atoms with Gasteiger partial charge in [0.15, 0.2) is 0 Å². The first-order valence-electron chi connectivity index (χ1n) is 7.19. The molecule has 1 aliphatic rings. The number of unbranched alkanes of at least 4 members (excludes halogenated alkanes) is 1. The monoisotopic (exact) mass is 231 g/mol. The smallest absolute Gasteiger partial charge is 0.0342 e. The average molecular weight is 231 g/mol. The number of aryl methyl sites for hydroxylation is 1. The molecule has 0 bridgehead atoms. The van der Waals surface area contributed by atoms with Gasteiger partial charge in [-0.15, -0.1) is 0 Å². The van der Waals surface area contributed by atoms with E-state index in [9.17, 15) is 0 Å². The molecule has 2 rings (SSSR count). The Bertz CT molecular complexity index is 324. The molecule has 0 saturated heterocycles. The van der Waals surface area contributed by atoms with Crippen molar-refractivity contribution < 1.29 is 0 Å². The van der Waals surface area contributed by atoms with Crippen LogP contribution in [0.1, 0.15) is 51.5 Å². The SMILES string of the molecule is CCCCc1ccc(NC(CC)C2CC2)cc1.